The summed E-state index contributed by atoms with van der Waals surface area (Å²) in [6.45, 7) is 8.53. The van der Waals surface area contributed by atoms with Crippen molar-refractivity contribution in [1.29, 1.82) is 0 Å². The molecule has 24 heavy (non-hydrogen) atoms. The van der Waals surface area contributed by atoms with Crippen LogP contribution in [0.15, 0.2) is 53.5 Å². The van der Waals surface area contributed by atoms with Crippen LogP contribution in [-0.4, -0.2) is 10.8 Å². The number of aliphatic imine (C=N–C) groups is 1. The fourth-order valence-electron chi connectivity index (χ4n) is 2.86. The van der Waals surface area contributed by atoms with Gasteiger partial charge in [0.25, 0.3) is 0 Å². The zero-order chi connectivity index (χ0) is 17.3. The quantitative estimate of drug-likeness (QED) is 0.356. The largest absolute Gasteiger partial charge is 0.318 e. The van der Waals surface area contributed by atoms with Crippen molar-refractivity contribution in [2.75, 3.05) is 0 Å². The van der Waals surface area contributed by atoms with Gasteiger partial charge in [0, 0.05) is 32.4 Å². The molecule has 0 saturated heterocycles. The highest BCUT2D eigenvalue weighted by atomic mass is 127. The molecule has 0 aliphatic rings. The lowest BCUT2D eigenvalue weighted by Crippen LogP contribution is -1.99. The maximum Gasteiger partial charge on any atom is 0.0632 e. The van der Waals surface area contributed by atoms with Crippen LogP contribution in [0.5, 0.6) is 0 Å². The van der Waals surface area contributed by atoms with E-state index in [-0.39, 0.29) is 0 Å². The van der Waals surface area contributed by atoms with E-state index < -0.39 is 0 Å². The van der Waals surface area contributed by atoms with Crippen LogP contribution < -0.4 is 0 Å². The van der Waals surface area contributed by atoms with Crippen LogP contribution in [0.4, 0.5) is 5.69 Å². The molecule has 2 nitrogen and oxygen atoms in total. The number of halogens is 1. The Kier molecular flexibility index (Phi) is 4.90. The summed E-state index contributed by atoms with van der Waals surface area (Å²) in [7, 11) is 0. The first kappa shape index (κ1) is 17.0. The van der Waals surface area contributed by atoms with Gasteiger partial charge in [-0.15, -0.1) is 0 Å². The first-order chi connectivity index (χ1) is 11.5. The van der Waals surface area contributed by atoms with Gasteiger partial charge in [-0.2, -0.15) is 0 Å². The van der Waals surface area contributed by atoms with E-state index in [0.29, 0.717) is 0 Å². The Labute approximate surface area is 157 Å². The summed E-state index contributed by atoms with van der Waals surface area (Å²) in [5.41, 5.74) is 8.34. The number of aryl methyl sites for hydroxylation is 3. The Morgan fingerprint density at radius 3 is 2.25 bits per heavy atom. The highest BCUT2D eigenvalue weighted by molar-refractivity contribution is 14.1. The molecule has 1 heterocycles. The average molecular weight is 428 g/mol. The van der Waals surface area contributed by atoms with E-state index in [9.17, 15) is 0 Å². The molecule has 3 heteroatoms. The lowest BCUT2D eigenvalue weighted by atomic mass is 10.1. The molecule has 3 rings (SSSR count). The zero-order valence-corrected chi connectivity index (χ0v) is 16.6. The molecule has 0 unspecified atom stereocenters. The molecule has 0 amide bonds. The standard InChI is InChI=1S/C21H21IN2/c1-14-5-8-20(11-15(14)2)23-13-18-12-16(3)24(17(18)4)21-9-6-19(22)7-10-21/h5-13H,1-4H3. The Balaban J connectivity index is 1.95. The van der Waals surface area contributed by atoms with Crippen molar-refractivity contribution in [2.24, 2.45) is 4.99 Å². The Bertz CT molecular complexity index is 902. The van der Waals surface area contributed by atoms with Crippen LogP contribution in [0.25, 0.3) is 5.69 Å². The molecule has 1 aromatic heterocycles. The first-order valence-corrected chi connectivity index (χ1v) is 9.10. The van der Waals surface area contributed by atoms with E-state index in [1.165, 1.54) is 31.8 Å². The minimum absolute atomic E-state index is 0.997. The number of benzene rings is 2. The summed E-state index contributed by atoms with van der Waals surface area (Å²) in [6.07, 6.45) is 1.97. The van der Waals surface area contributed by atoms with Gasteiger partial charge in [0.15, 0.2) is 0 Å². The molecule has 0 aliphatic carbocycles. The minimum atomic E-state index is 0.997. The molecule has 0 radical (unpaired) electrons. The van der Waals surface area contributed by atoms with Gasteiger partial charge in [-0.3, -0.25) is 4.99 Å². The predicted molar refractivity (Wildman–Crippen MR) is 111 cm³/mol. The summed E-state index contributed by atoms with van der Waals surface area (Å²) < 4.78 is 3.52. The second-order valence-electron chi connectivity index (χ2n) is 6.17. The van der Waals surface area contributed by atoms with Gasteiger partial charge >= 0.3 is 0 Å². The number of rotatable bonds is 3. The maximum atomic E-state index is 4.66. The van der Waals surface area contributed by atoms with E-state index in [2.05, 4.69) is 108 Å². The van der Waals surface area contributed by atoms with E-state index >= 15 is 0 Å². The fraction of sp³-hybridized carbons (Fsp3) is 0.190. The van der Waals surface area contributed by atoms with Crippen LogP contribution in [-0.2, 0) is 0 Å². The summed E-state index contributed by atoms with van der Waals surface area (Å²) in [6, 6.07) is 17.1. The average Bonchev–Trinajstić information content (AvgIpc) is 2.84. The molecule has 0 fully saturated rings. The summed E-state index contributed by atoms with van der Waals surface area (Å²) >= 11 is 2.33. The molecular weight excluding hydrogens is 407 g/mol. The van der Waals surface area contributed by atoms with Crippen molar-refractivity contribution < 1.29 is 0 Å². The molecule has 2 aromatic carbocycles. The van der Waals surface area contributed by atoms with Gasteiger partial charge in [-0.05, 0) is 104 Å². The van der Waals surface area contributed by atoms with Crippen molar-refractivity contribution in [3.8, 4) is 5.69 Å². The molecule has 0 bridgehead atoms. The lowest BCUT2D eigenvalue weighted by Gasteiger charge is -2.09. The topological polar surface area (TPSA) is 17.3 Å². The highest BCUT2D eigenvalue weighted by Crippen LogP contribution is 2.22. The van der Waals surface area contributed by atoms with E-state index in [1.54, 1.807) is 0 Å². The molecule has 0 N–H and O–H groups in total. The van der Waals surface area contributed by atoms with Gasteiger partial charge in [0.2, 0.25) is 0 Å². The second-order valence-corrected chi connectivity index (χ2v) is 7.41. The van der Waals surface area contributed by atoms with Crippen LogP contribution in [0, 0.1) is 31.3 Å². The van der Waals surface area contributed by atoms with Gasteiger partial charge in [0.1, 0.15) is 0 Å². The van der Waals surface area contributed by atoms with Crippen LogP contribution in [0.3, 0.4) is 0 Å². The predicted octanol–water partition coefficient (Wildman–Crippen LogP) is 6.07. The third kappa shape index (κ3) is 3.46. The van der Waals surface area contributed by atoms with Crippen molar-refractivity contribution in [3.05, 3.63) is 80.2 Å². The van der Waals surface area contributed by atoms with Crippen molar-refractivity contribution in [1.82, 2.24) is 4.57 Å². The molecular formula is C21H21IN2. The van der Waals surface area contributed by atoms with E-state index in [0.717, 1.165) is 11.3 Å². The highest BCUT2D eigenvalue weighted by Gasteiger charge is 2.09. The van der Waals surface area contributed by atoms with E-state index in [1.807, 2.05) is 6.21 Å². The maximum absolute atomic E-state index is 4.66. The number of nitrogens with zero attached hydrogens (tertiary/aromatic N) is 2. The summed E-state index contributed by atoms with van der Waals surface area (Å²) in [4.78, 5) is 4.66. The molecule has 3 aromatic rings. The first-order valence-electron chi connectivity index (χ1n) is 8.02. The normalized spacial score (nSPS) is 11.4. The second kappa shape index (κ2) is 6.93. The third-order valence-electron chi connectivity index (χ3n) is 4.40. The Morgan fingerprint density at radius 1 is 0.875 bits per heavy atom. The fourth-order valence-corrected chi connectivity index (χ4v) is 3.22. The number of hydrogen-bond acceptors (Lipinski definition) is 1. The Morgan fingerprint density at radius 2 is 1.58 bits per heavy atom. The molecule has 0 saturated carbocycles. The summed E-state index contributed by atoms with van der Waals surface area (Å²) in [5, 5.41) is 0. The van der Waals surface area contributed by atoms with Gasteiger partial charge in [-0.1, -0.05) is 6.07 Å². The van der Waals surface area contributed by atoms with Gasteiger partial charge < -0.3 is 4.57 Å². The van der Waals surface area contributed by atoms with Crippen LogP contribution >= 0.6 is 22.6 Å². The third-order valence-corrected chi connectivity index (χ3v) is 5.12. The smallest absolute Gasteiger partial charge is 0.0632 e. The van der Waals surface area contributed by atoms with Crippen LogP contribution in [0.2, 0.25) is 0 Å². The van der Waals surface area contributed by atoms with Crippen molar-refractivity contribution in [2.45, 2.75) is 27.7 Å². The molecule has 0 atom stereocenters. The minimum Gasteiger partial charge on any atom is -0.318 e. The molecule has 122 valence electrons. The zero-order valence-electron chi connectivity index (χ0n) is 14.5. The number of hydrogen-bond donors (Lipinski definition) is 0. The Hall–Kier alpha value is -1.88. The van der Waals surface area contributed by atoms with Gasteiger partial charge in [0.05, 0.1) is 5.69 Å². The lowest BCUT2D eigenvalue weighted by molar-refractivity contribution is 0.964. The van der Waals surface area contributed by atoms with Crippen molar-refractivity contribution in [3.63, 3.8) is 0 Å². The van der Waals surface area contributed by atoms with Gasteiger partial charge in [-0.25, -0.2) is 0 Å². The monoisotopic (exact) mass is 428 g/mol. The summed E-state index contributed by atoms with van der Waals surface area (Å²) in [5.74, 6) is 0. The van der Waals surface area contributed by atoms with E-state index in [4.69, 9.17) is 0 Å². The molecule has 0 aliphatic heterocycles. The SMILES string of the molecule is Cc1ccc(N=Cc2cc(C)n(-c3ccc(I)cc3)c2C)cc1C. The van der Waals surface area contributed by atoms with Crippen molar-refractivity contribution >= 4 is 34.5 Å². The van der Waals surface area contributed by atoms with Crippen LogP contribution in [0.1, 0.15) is 28.1 Å². The molecule has 0 spiro atoms. The number of aromatic nitrogens is 1.